The van der Waals surface area contributed by atoms with E-state index in [2.05, 4.69) is 9.97 Å². The van der Waals surface area contributed by atoms with E-state index in [1.54, 1.807) is 37.7 Å². The molecule has 0 aliphatic rings. The van der Waals surface area contributed by atoms with Crippen LogP contribution >= 0.6 is 0 Å². The topological polar surface area (TPSA) is 104 Å². The highest BCUT2D eigenvalue weighted by Crippen LogP contribution is 2.31. The summed E-state index contributed by atoms with van der Waals surface area (Å²) in [5.41, 5.74) is 14.9. The van der Waals surface area contributed by atoms with Crippen LogP contribution in [0.3, 0.4) is 0 Å². The quantitative estimate of drug-likeness (QED) is 0.768. The lowest BCUT2D eigenvalue weighted by molar-refractivity contribution is 0.100. The lowest BCUT2D eigenvalue weighted by Gasteiger charge is -2.11. The average Bonchev–Trinajstić information content (AvgIpc) is 2.62. The molecule has 24 heavy (non-hydrogen) atoms. The molecule has 0 aliphatic carbocycles. The molecule has 120 valence electrons. The van der Waals surface area contributed by atoms with Gasteiger partial charge in [-0.2, -0.15) is 0 Å². The van der Waals surface area contributed by atoms with Gasteiger partial charge in [-0.1, -0.05) is 18.2 Å². The maximum atomic E-state index is 11.6. The highest BCUT2D eigenvalue weighted by Gasteiger charge is 2.12. The van der Waals surface area contributed by atoms with E-state index in [9.17, 15) is 4.79 Å². The smallest absolute Gasteiger partial charge is 0.249 e. The van der Waals surface area contributed by atoms with Gasteiger partial charge in [0, 0.05) is 40.7 Å². The van der Waals surface area contributed by atoms with Gasteiger partial charge in [0.15, 0.2) is 0 Å². The van der Waals surface area contributed by atoms with Gasteiger partial charge in [0.25, 0.3) is 0 Å². The van der Waals surface area contributed by atoms with Crippen LogP contribution in [0.15, 0.2) is 54.9 Å². The largest absolute Gasteiger partial charge is 0.481 e. The number of benzene rings is 1. The van der Waals surface area contributed by atoms with E-state index in [0.717, 1.165) is 16.7 Å². The van der Waals surface area contributed by atoms with Gasteiger partial charge in [0.2, 0.25) is 11.8 Å². The molecule has 1 amide bonds. The Morgan fingerprint density at radius 3 is 2.42 bits per heavy atom. The van der Waals surface area contributed by atoms with Crippen molar-refractivity contribution >= 4 is 11.7 Å². The number of methoxy groups -OCH3 is 1. The predicted molar refractivity (Wildman–Crippen MR) is 92.4 cm³/mol. The summed E-state index contributed by atoms with van der Waals surface area (Å²) in [6.45, 7) is 0. The van der Waals surface area contributed by atoms with Gasteiger partial charge in [-0.3, -0.25) is 4.79 Å². The van der Waals surface area contributed by atoms with Crippen molar-refractivity contribution in [3.05, 3.63) is 60.4 Å². The Morgan fingerprint density at radius 2 is 1.75 bits per heavy atom. The number of pyridine rings is 2. The van der Waals surface area contributed by atoms with E-state index >= 15 is 0 Å². The molecule has 1 aromatic carbocycles. The normalized spacial score (nSPS) is 10.4. The second-order valence-corrected chi connectivity index (χ2v) is 5.16. The van der Waals surface area contributed by atoms with Crippen LogP contribution in [0.1, 0.15) is 10.4 Å². The Hall–Kier alpha value is -3.41. The van der Waals surface area contributed by atoms with Crippen molar-refractivity contribution in [3.63, 3.8) is 0 Å². The molecular formula is C18H16N4O2. The van der Waals surface area contributed by atoms with Crippen LogP contribution in [0.4, 0.5) is 5.82 Å². The maximum absolute atomic E-state index is 11.6. The number of carbonyl (C=O) groups excluding carboxylic acids is 1. The van der Waals surface area contributed by atoms with Crippen LogP contribution in [0, 0.1) is 0 Å². The summed E-state index contributed by atoms with van der Waals surface area (Å²) in [6, 6.07) is 12.6. The summed E-state index contributed by atoms with van der Waals surface area (Å²) in [5, 5.41) is 0. The Kier molecular flexibility index (Phi) is 4.11. The van der Waals surface area contributed by atoms with Crippen molar-refractivity contribution in [1.29, 1.82) is 0 Å². The van der Waals surface area contributed by atoms with Gasteiger partial charge in [0.05, 0.1) is 7.11 Å². The van der Waals surface area contributed by atoms with Gasteiger partial charge in [-0.15, -0.1) is 0 Å². The molecule has 0 radical (unpaired) electrons. The van der Waals surface area contributed by atoms with Crippen molar-refractivity contribution in [2.75, 3.05) is 12.8 Å². The standard InChI is InChI=1S/C18H16N4O2/c1-24-16-7-6-11(9-21-16)15-8-12(10-22-17(15)19)13-4-2-3-5-14(13)18(20)23/h2-10H,1H3,(H2,19,22)(H2,20,23). The molecule has 0 fully saturated rings. The summed E-state index contributed by atoms with van der Waals surface area (Å²) in [6.07, 6.45) is 3.29. The van der Waals surface area contributed by atoms with Gasteiger partial charge in [-0.25, -0.2) is 9.97 Å². The predicted octanol–water partition coefficient (Wildman–Crippen LogP) is 2.50. The fourth-order valence-electron chi connectivity index (χ4n) is 2.46. The number of primary amides is 1. The Bertz CT molecular complexity index is 892. The zero-order chi connectivity index (χ0) is 17.1. The minimum Gasteiger partial charge on any atom is -0.481 e. The second kappa shape index (κ2) is 6.37. The van der Waals surface area contributed by atoms with E-state index < -0.39 is 5.91 Å². The van der Waals surface area contributed by atoms with E-state index in [1.165, 1.54) is 0 Å². The molecule has 3 rings (SSSR count). The summed E-state index contributed by atoms with van der Waals surface area (Å²) in [4.78, 5) is 20.1. The number of carbonyl (C=O) groups is 1. The van der Waals surface area contributed by atoms with Gasteiger partial charge < -0.3 is 16.2 Å². The Labute approximate surface area is 139 Å². The van der Waals surface area contributed by atoms with E-state index in [-0.39, 0.29) is 0 Å². The Morgan fingerprint density at radius 1 is 1.00 bits per heavy atom. The first-order valence-electron chi connectivity index (χ1n) is 7.25. The van der Waals surface area contributed by atoms with Crippen LogP contribution in [0.5, 0.6) is 5.88 Å². The molecule has 0 saturated carbocycles. The molecule has 0 aliphatic heterocycles. The van der Waals surface area contributed by atoms with Crippen molar-refractivity contribution in [2.24, 2.45) is 5.73 Å². The SMILES string of the molecule is COc1ccc(-c2cc(-c3ccccc3C(N)=O)cnc2N)cn1. The third-order valence-corrected chi connectivity index (χ3v) is 3.68. The minimum atomic E-state index is -0.491. The fourth-order valence-corrected chi connectivity index (χ4v) is 2.46. The number of ether oxygens (including phenoxy) is 1. The van der Waals surface area contributed by atoms with Crippen molar-refractivity contribution in [1.82, 2.24) is 9.97 Å². The van der Waals surface area contributed by atoms with Gasteiger partial charge >= 0.3 is 0 Å². The number of nitrogens with zero attached hydrogens (tertiary/aromatic N) is 2. The molecular weight excluding hydrogens is 304 g/mol. The first-order chi connectivity index (χ1) is 11.6. The third-order valence-electron chi connectivity index (χ3n) is 3.68. The molecule has 0 atom stereocenters. The summed E-state index contributed by atoms with van der Waals surface area (Å²) in [7, 11) is 1.55. The lowest BCUT2D eigenvalue weighted by Crippen LogP contribution is -2.12. The molecule has 6 heteroatoms. The summed E-state index contributed by atoms with van der Waals surface area (Å²) < 4.78 is 5.06. The third kappa shape index (κ3) is 2.89. The molecule has 0 spiro atoms. The van der Waals surface area contributed by atoms with E-state index in [0.29, 0.717) is 22.8 Å². The van der Waals surface area contributed by atoms with E-state index in [4.69, 9.17) is 16.2 Å². The molecule has 2 aromatic heterocycles. The van der Waals surface area contributed by atoms with Gasteiger partial charge in [-0.05, 0) is 23.8 Å². The molecule has 4 N–H and O–H groups in total. The number of aromatic nitrogens is 2. The highest BCUT2D eigenvalue weighted by molar-refractivity contribution is 6.00. The summed E-state index contributed by atoms with van der Waals surface area (Å²) >= 11 is 0. The monoisotopic (exact) mass is 320 g/mol. The van der Waals surface area contributed by atoms with Crippen molar-refractivity contribution in [2.45, 2.75) is 0 Å². The molecule has 6 nitrogen and oxygen atoms in total. The van der Waals surface area contributed by atoms with Crippen LogP contribution in [-0.2, 0) is 0 Å². The van der Waals surface area contributed by atoms with Crippen LogP contribution < -0.4 is 16.2 Å². The molecule has 2 heterocycles. The number of anilines is 1. The Balaban J connectivity index is 2.11. The van der Waals surface area contributed by atoms with Crippen molar-refractivity contribution < 1.29 is 9.53 Å². The zero-order valence-electron chi connectivity index (χ0n) is 13.1. The zero-order valence-corrected chi connectivity index (χ0v) is 13.1. The summed E-state index contributed by atoms with van der Waals surface area (Å²) in [5.74, 6) is 0.401. The first-order valence-corrected chi connectivity index (χ1v) is 7.25. The number of rotatable bonds is 4. The van der Waals surface area contributed by atoms with Crippen LogP contribution in [0.2, 0.25) is 0 Å². The van der Waals surface area contributed by atoms with Crippen LogP contribution in [0.25, 0.3) is 22.3 Å². The minimum absolute atomic E-state index is 0.377. The molecule has 0 unspecified atom stereocenters. The maximum Gasteiger partial charge on any atom is 0.249 e. The number of nitrogens with two attached hydrogens (primary N) is 2. The van der Waals surface area contributed by atoms with E-state index in [1.807, 2.05) is 24.3 Å². The number of hydrogen-bond donors (Lipinski definition) is 2. The van der Waals surface area contributed by atoms with Crippen molar-refractivity contribution in [3.8, 4) is 28.1 Å². The van der Waals surface area contributed by atoms with Crippen LogP contribution in [-0.4, -0.2) is 23.0 Å². The lowest BCUT2D eigenvalue weighted by atomic mass is 9.98. The number of amides is 1. The molecule has 0 bridgehead atoms. The fraction of sp³-hybridized carbons (Fsp3) is 0.0556. The number of nitrogen functional groups attached to an aromatic ring is 1. The number of hydrogen-bond acceptors (Lipinski definition) is 5. The first kappa shape index (κ1) is 15.5. The van der Waals surface area contributed by atoms with Gasteiger partial charge in [0.1, 0.15) is 5.82 Å². The average molecular weight is 320 g/mol. The molecule has 3 aromatic rings. The highest BCUT2D eigenvalue weighted by atomic mass is 16.5. The second-order valence-electron chi connectivity index (χ2n) is 5.16. The molecule has 0 saturated heterocycles.